The Bertz CT molecular complexity index is 1060. The zero-order valence-corrected chi connectivity index (χ0v) is 18.4. The smallest absolute Gasteiger partial charge is 0.342 e. The molecule has 0 atom stereocenters. The lowest BCUT2D eigenvalue weighted by molar-refractivity contribution is -0.121. The van der Waals surface area contributed by atoms with Crippen molar-refractivity contribution in [1.29, 1.82) is 0 Å². The highest BCUT2D eigenvalue weighted by atomic mass is 16.5. The Kier molecular flexibility index (Phi) is 9.06. The first kappa shape index (κ1) is 24.7. The predicted octanol–water partition coefficient (Wildman–Crippen LogP) is 2.00. The number of carbonyl (C=O) groups excluding carboxylic acids is 2. The molecule has 0 spiro atoms. The highest BCUT2D eigenvalue weighted by molar-refractivity contribution is 5.99. The third-order valence-electron chi connectivity index (χ3n) is 4.96. The van der Waals surface area contributed by atoms with Gasteiger partial charge in [0, 0.05) is 13.1 Å². The molecule has 2 aromatic rings. The SMILES string of the molecule is CCCCCN(C(=O)COC(=O)c1ccccc1O)c1c(N)n(CCCC)c(=O)[nH]c1=O. The van der Waals surface area contributed by atoms with Gasteiger partial charge in [0.1, 0.15) is 17.1 Å². The lowest BCUT2D eigenvalue weighted by atomic mass is 10.2. The number of aromatic hydroxyl groups is 1. The molecular formula is C22H30N4O6. The van der Waals surface area contributed by atoms with E-state index in [-0.39, 0.29) is 29.4 Å². The van der Waals surface area contributed by atoms with Crippen molar-refractivity contribution in [3.05, 3.63) is 50.7 Å². The number of aromatic nitrogens is 2. The number of hydrogen-bond acceptors (Lipinski definition) is 7. The number of esters is 1. The molecule has 1 aromatic heterocycles. The maximum Gasteiger partial charge on any atom is 0.342 e. The van der Waals surface area contributed by atoms with E-state index in [1.165, 1.54) is 16.7 Å². The van der Waals surface area contributed by atoms with E-state index in [2.05, 4.69) is 4.98 Å². The number of nitrogens with one attached hydrogen (secondary N) is 1. The fourth-order valence-corrected chi connectivity index (χ4v) is 3.19. The van der Waals surface area contributed by atoms with Crippen molar-refractivity contribution in [2.24, 2.45) is 0 Å². The number of benzene rings is 1. The van der Waals surface area contributed by atoms with Crippen molar-refractivity contribution < 1.29 is 19.4 Å². The average Bonchev–Trinajstić information content (AvgIpc) is 2.76. The molecule has 10 heteroatoms. The second-order valence-electron chi connectivity index (χ2n) is 7.34. The molecule has 0 radical (unpaired) electrons. The molecule has 4 N–H and O–H groups in total. The van der Waals surface area contributed by atoms with Gasteiger partial charge in [-0.2, -0.15) is 0 Å². The molecule has 174 valence electrons. The molecule has 0 saturated carbocycles. The first-order chi connectivity index (χ1) is 15.3. The van der Waals surface area contributed by atoms with Gasteiger partial charge in [-0.15, -0.1) is 0 Å². The second kappa shape index (κ2) is 11.7. The fourth-order valence-electron chi connectivity index (χ4n) is 3.19. The number of carbonyl (C=O) groups is 2. The van der Waals surface area contributed by atoms with E-state index in [1.54, 1.807) is 12.1 Å². The van der Waals surface area contributed by atoms with Crippen LogP contribution in [0.3, 0.4) is 0 Å². The van der Waals surface area contributed by atoms with Crippen LogP contribution in [0, 0.1) is 0 Å². The number of phenolic OH excluding ortho intramolecular Hbond substituents is 1. The van der Waals surface area contributed by atoms with Gasteiger partial charge in [0.2, 0.25) is 0 Å². The second-order valence-corrected chi connectivity index (χ2v) is 7.34. The van der Waals surface area contributed by atoms with Crippen LogP contribution in [0.1, 0.15) is 56.3 Å². The van der Waals surface area contributed by atoms with E-state index in [9.17, 15) is 24.3 Å². The van der Waals surface area contributed by atoms with Crippen LogP contribution >= 0.6 is 0 Å². The van der Waals surface area contributed by atoms with Gasteiger partial charge in [-0.25, -0.2) is 9.59 Å². The van der Waals surface area contributed by atoms with Crippen LogP contribution in [0.15, 0.2) is 33.9 Å². The number of anilines is 2. The van der Waals surface area contributed by atoms with Gasteiger partial charge in [-0.3, -0.25) is 19.1 Å². The number of hydrogen-bond donors (Lipinski definition) is 3. The van der Waals surface area contributed by atoms with Crippen LogP contribution in [0.2, 0.25) is 0 Å². The van der Waals surface area contributed by atoms with Gasteiger partial charge in [0.05, 0.1) is 0 Å². The first-order valence-corrected chi connectivity index (χ1v) is 10.7. The van der Waals surface area contributed by atoms with E-state index in [0.717, 1.165) is 24.2 Å². The molecule has 0 aliphatic heterocycles. The molecule has 0 unspecified atom stereocenters. The third-order valence-corrected chi connectivity index (χ3v) is 4.96. The predicted molar refractivity (Wildman–Crippen MR) is 121 cm³/mol. The minimum absolute atomic E-state index is 0.0803. The van der Waals surface area contributed by atoms with E-state index in [1.807, 2.05) is 13.8 Å². The van der Waals surface area contributed by atoms with Crippen molar-refractivity contribution in [2.45, 2.75) is 52.5 Å². The minimum Gasteiger partial charge on any atom is -0.507 e. The van der Waals surface area contributed by atoms with Gasteiger partial charge < -0.3 is 20.5 Å². The monoisotopic (exact) mass is 446 g/mol. The summed E-state index contributed by atoms with van der Waals surface area (Å²) in [6.07, 6.45) is 3.74. The summed E-state index contributed by atoms with van der Waals surface area (Å²) < 4.78 is 6.30. The van der Waals surface area contributed by atoms with Crippen molar-refractivity contribution in [3.8, 4) is 5.75 Å². The number of H-pyrrole nitrogens is 1. The Hall–Kier alpha value is -3.56. The van der Waals surface area contributed by atoms with Gasteiger partial charge in [-0.1, -0.05) is 45.2 Å². The summed E-state index contributed by atoms with van der Waals surface area (Å²) in [5.74, 6) is -1.92. The number of amides is 1. The van der Waals surface area contributed by atoms with Gasteiger partial charge in [0.25, 0.3) is 11.5 Å². The largest absolute Gasteiger partial charge is 0.507 e. The fraction of sp³-hybridized carbons (Fsp3) is 0.455. The number of unbranched alkanes of at least 4 members (excludes halogenated alkanes) is 3. The highest BCUT2D eigenvalue weighted by Gasteiger charge is 2.25. The average molecular weight is 447 g/mol. The number of nitrogen functional groups attached to an aromatic ring is 1. The molecule has 0 bridgehead atoms. The topological polar surface area (TPSA) is 148 Å². The lowest BCUT2D eigenvalue weighted by Crippen LogP contribution is -2.43. The van der Waals surface area contributed by atoms with Gasteiger partial charge in [-0.05, 0) is 25.0 Å². The number of phenols is 1. The Morgan fingerprint density at radius 1 is 1.12 bits per heavy atom. The maximum atomic E-state index is 13.0. The van der Waals surface area contributed by atoms with E-state index in [4.69, 9.17) is 10.5 Å². The Labute approximate surface area is 185 Å². The van der Waals surface area contributed by atoms with E-state index >= 15 is 0 Å². The molecule has 32 heavy (non-hydrogen) atoms. The Morgan fingerprint density at radius 2 is 1.81 bits per heavy atom. The van der Waals surface area contributed by atoms with Crippen molar-refractivity contribution >= 4 is 23.4 Å². The Balaban J connectivity index is 2.32. The molecule has 0 fully saturated rings. The van der Waals surface area contributed by atoms with Crippen LogP contribution in [0.5, 0.6) is 5.75 Å². The van der Waals surface area contributed by atoms with Gasteiger partial charge in [0.15, 0.2) is 12.3 Å². The number of aromatic amines is 1. The summed E-state index contributed by atoms with van der Waals surface area (Å²) in [4.78, 5) is 53.4. The molecule has 10 nitrogen and oxygen atoms in total. The number of para-hydroxylation sites is 1. The summed E-state index contributed by atoms with van der Waals surface area (Å²) in [5, 5.41) is 9.79. The van der Waals surface area contributed by atoms with E-state index in [0.29, 0.717) is 19.4 Å². The molecule has 0 aliphatic carbocycles. The maximum absolute atomic E-state index is 13.0. The van der Waals surface area contributed by atoms with Gasteiger partial charge >= 0.3 is 11.7 Å². The van der Waals surface area contributed by atoms with Crippen LogP contribution in [-0.4, -0.2) is 39.7 Å². The molecular weight excluding hydrogens is 416 g/mol. The molecule has 1 heterocycles. The summed E-state index contributed by atoms with van der Waals surface area (Å²) >= 11 is 0. The first-order valence-electron chi connectivity index (χ1n) is 10.7. The molecule has 0 saturated heterocycles. The number of nitrogens with two attached hydrogens (primary N) is 1. The molecule has 0 aliphatic rings. The molecule has 1 amide bonds. The zero-order valence-electron chi connectivity index (χ0n) is 18.4. The normalized spacial score (nSPS) is 10.7. The highest BCUT2D eigenvalue weighted by Crippen LogP contribution is 2.20. The summed E-state index contributed by atoms with van der Waals surface area (Å²) in [6.45, 7) is 3.75. The standard InChI is InChI=1S/C22H30N4O6/c1-3-5-9-13-25(17(28)14-32-21(30)15-10-7-8-11-16(15)27)18-19(23)26(12-6-4-2)22(31)24-20(18)29/h7-8,10-11,27H,3-6,9,12-14,23H2,1-2H3,(H,24,29,31). The summed E-state index contributed by atoms with van der Waals surface area (Å²) in [5.41, 5.74) is 4.50. The Morgan fingerprint density at radius 3 is 2.47 bits per heavy atom. The number of ether oxygens (including phenoxy) is 1. The molecule has 1 aromatic carbocycles. The van der Waals surface area contributed by atoms with Crippen molar-refractivity contribution in [2.75, 3.05) is 23.8 Å². The third kappa shape index (κ3) is 5.99. The van der Waals surface area contributed by atoms with Crippen LogP contribution in [-0.2, 0) is 16.1 Å². The quantitative estimate of drug-likeness (QED) is 0.353. The van der Waals surface area contributed by atoms with Crippen LogP contribution in [0.4, 0.5) is 11.5 Å². The van der Waals surface area contributed by atoms with Crippen LogP contribution < -0.4 is 21.9 Å². The summed E-state index contributed by atoms with van der Waals surface area (Å²) in [7, 11) is 0. The van der Waals surface area contributed by atoms with Crippen molar-refractivity contribution in [1.82, 2.24) is 9.55 Å². The lowest BCUT2D eigenvalue weighted by Gasteiger charge is -2.24. The zero-order chi connectivity index (χ0) is 23.7. The number of nitrogens with zero attached hydrogens (tertiary/aromatic N) is 2. The molecule has 2 rings (SSSR count). The summed E-state index contributed by atoms with van der Waals surface area (Å²) in [6, 6.07) is 5.80. The van der Waals surface area contributed by atoms with E-state index < -0.39 is 29.7 Å². The van der Waals surface area contributed by atoms with Crippen LogP contribution in [0.25, 0.3) is 0 Å². The van der Waals surface area contributed by atoms with Crippen molar-refractivity contribution in [3.63, 3.8) is 0 Å². The minimum atomic E-state index is -0.875. The number of rotatable bonds is 11.